The monoisotopic (exact) mass is 413 g/mol. The summed E-state index contributed by atoms with van der Waals surface area (Å²) in [6, 6.07) is 35.7. The van der Waals surface area contributed by atoms with Crippen molar-refractivity contribution in [3.05, 3.63) is 108 Å². The highest BCUT2D eigenvalue weighted by Crippen LogP contribution is 2.40. The molecule has 0 spiro atoms. The third-order valence-corrected chi connectivity index (χ3v) is 6.28. The molecule has 6 rings (SSSR count). The zero-order valence-electron chi connectivity index (χ0n) is 16.6. The zero-order chi connectivity index (χ0) is 20.9. The van der Waals surface area contributed by atoms with Crippen LogP contribution < -0.4 is 0 Å². The van der Waals surface area contributed by atoms with Crippen LogP contribution in [0.1, 0.15) is 5.56 Å². The lowest BCUT2D eigenvalue weighted by Gasteiger charge is -2.15. The normalized spacial score (nSPS) is 11.4. The molecule has 6 aromatic carbocycles. The summed E-state index contributed by atoms with van der Waals surface area (Å²) in [5.41, 5.74) is 4.86. The van der Waals surface area contributed by atoms with Crippen molar-refractivity contribution in [2.24, 2.45) is 0 Å². The first-order valence-electron chi connectivity index (χ1n) is 10.2. The van der Waals surface area contributed by atoms with Gasteiger partial charge in [0.25, 0.3) is 0 Å². The second kappa shape index (κ2) is 6.84. The molecule has 0 radical (unpaired) electrons. The number of halogens is 1. The largest absolute Gasteiger partial charge is 0.192 e. The number of hydrogen-bond acceptors (Lipinski definition) is 1. The molecule has 2 heteroatoms. The van der Waals surface area contributed by atoms with Crippen LogP contribution >= 0.6 is 11.6 Å². The molecule has 0 amide bonds. The van der Waals surface area contributed by atoms with E-state index in [0.717, 1.165) is 22.3 Å². The van der Waals surface area contributed by atoms with Crippen molar-refractivity contribution in [3.63, 3.8) is 0 Å². The zero-order valence-corrected chi connectivity index (χ0v) is 17.3. The van der Waals surface area contributed by atoms with Crippen LogP contribution in [0.25, 0.3) is 54.6 Å². The second-order valence-corrected chi connectivity index (χ2v) is 8.33. The molecule has 0 aromatic heterocycles. The Morgan fingerprint density at radius 1 is 0.581 bits per heavy atom. The van der Waals surface area contributed by atoms with Gasteiger partial charge in [-0.2, -0.15) is 5.26 Å². The molecule has 6 aromatic rings. The van der Waals surface area contributed by atoms with Crippen LogP contribution in [0.4, 0.5) is 0 Å². The highest BCUT2D eigenvalue weighted by Gasteiger charge is 2.13. The maximum atomic E-state index is 9.27. The number of benzene rings is 6. The van der Waals surface area contributed by atoms with Gasteiger partial charge in [-0.15, -0.1) is 0 Å². The van der Waals surface area contributed by atoms with E-state index in [1.54, 1.807) is 0 Å². The molecule has 31 heavy (non-hydrogen) atoms. The number of nitriles is 1. The van der Waals surface area contributed by atoms with Gasteiger partial charge < -0.3 is 0 Å². The molecule has 0 unspecified atom stereocenters. The van der Waals surface area contributed by atoms with Crippen molar-refractivity contribution in [2.75, 3.05) is 0 Å². The van der Waals surface area contributed by atoms with Gasteiger partial charge in [0.05, 0.1) is 11.6 Å². The van der Waals surface area contributed by atoms with Gasteiger partial charge in [-0.25, -0.2) is 0 Å². The Hall–Kier alpha value is -3.86. The van der Waals surface area contributed by atoms with Crippen molar-refractivity contribution < 1.29 is 0 Å². The van der Waals surface area contributed by atoms with Gasteiger partial charge in [0.1, 0.15) is 0 Å². The molecule has 144 valence electrons. The quantitative estimate of drug-likeness (QED) is 0.261. The Morgan fingerprint density at radius 3 is 2.06 bits per heavy atom. The summed E-state index contributed by atoms with van der Waals surface area (Å²) in [6.45, 7) is 0. The predicted molar refractivity (Wildman–Crippen MR) is 131 cm³/mol. The standard InChI is InChI=1S/C29H16ClN/c30-25-15-23(22-6-1-3-18(13-22)17-31)14-24(16-25)26-11-9-21-8-7-19-4-2-5-20-10-12-27(26)29(21)28(19)20/h1-16H. The molecule has 0 aliphatic carbocycles. The summed E-state index contributed by atoms with van der Waals surface area (Å²) >= 11 is 6.56. The van der Waals surface area contributed by atoms with Crippen molar-refractivity contribution in [1.29, 1.82) is 5.26 Å². The molecule has 0 N–H and O–H groups in total. The molecule has 0 saturated carbocycles. The maximum absolute atomic E-state index is 9.27. The molecular formula is C29H16ClN. The van der Waals surface area contributed by atoms with Gasteiger partial charge in [0.2, 0.25) is 0 Å². The van der Waals surface area contributed by atoms with E-state index in [1.165, 1.54) is 32.3 Å². The van der Waals surface area contributed by atoms with Crippen molar-refractivity contribution in [1.82, 2.24) is 0 Å². The van der Waals surface area contributed by atoms with Crippen LogP contribution in [-0.4, -0.2) is 0 Å². The van der Waals surface area contributed by atoms with Crippen LogP contribution in [0.15, 0.2) is 97.1 Å². The third kappa shape index (κ3) is 2.85. The summed E-state index contributed by atoms with van der Waals surface area (Å²) in [5, 5.41) is 17.5. The lowest BCUT2D eigenvalue weighted by Crippen LogP contribution is -1.88. The topological polar surface area (TPSA) is 23.8 Å². The maximum Gasteiger partial charge on any atom is 0.0991 e. The molecule has 1 nitrogen and oxygen atoms in total. The number of rotatable bonds is 2. The van der Waals surface area contributed by atoms with Gasteiger partial charge in [0.15, 0.2) is 0 Å². The van der Waals surface area contributed by atoms with Gasteiger partial charge in [-0.05, 0) is 84.9 Å². The Bertz CT molecular complexity index is 1640. The van der Waals surface area contributed by atoms with Crippen LogP contribution in [0, 0.1) is 11.3 Å². The van der Waals surface area contributed by atoms with Crippen LogP contribution in [0.3, 0.4) is 0 Å². The minimum absolute atomic E-state index is 0.641. The minimum atomic E-state index is 0.641. The molecule has 0 aliphatic heterocycles. The first-order chi connectivity index (χ1) is 15.2. The molecule has 0 aliphatic rings. The Balaban J connectivity index is 1.63. The average Bonchev–Trinajstić information content (AvgIpc) is 2.82. The van der Waals surface area contributed by atoms with E-state index >= 15 is 0 Å². The number of hydrogen-bond donors (Lipinski definition) is 0. The van der Waals surface area contributed by atoms with E-state index in [1.807, 2.05) is 36.4 Å². The van der Waals surface area contributed by atoms with Gasteiger partial charge >= 0.3 is 0 Å². The fourth-order valence-electron chi connectivity index (χ4n) is 4.67. The SMILES string of the molecule is N#Cc1cccc(-c2cc(Cl)cc(-c3ccc4ccc5cccc6ccc3c4c56)c2)c1. The fraction of sp³-hybridized carbons (Fsp3) is 0. The lowest BCUT2D eigenvalue weighted by atomic mass is 9.89. The van der Waals surface area contributed by atoms with E-state index < -0.39 is 0 Å². The first kappa shape index (κ1) is 18.0. The van der Waals surface area contributed by atoms with Crippen LogP contribution in [0.2, 0.25) is 5.02 Å². The predicted octanol–water partition coefficient (Wildman–Crippen LogP) is 8.44. The van der Waals surface area contributed by atoms with Crippen LogP contribution in [0.5, 0.6) is 0 Å². The third-order valence-electron chi connectivity index (χ3n) is 6.06. The Morgan fingerprint density at radius 2 is 1.26 bits per heavy atom. The van der Waals surface area contributed by atoms with Crippen molar-refractivity contribution >= 4 is 43.9 Å². The molecule has 0 atom stereocenters. The second-order valence-electron chi connectivity index (χ2n) is 7.89. The molecule has 0 bridgehead atoms. The molecule has 0 saturated heterocycles. The highest BCUT2D eigenvalue weighted by atomic mass is 35.5. The summed E-state index contributed by atoms with van der Waals surface area (Å²) in [4.78, 5) is 0. The van der Waals surface area contributed by atoms with E-state index in [2.05, 4.69) is 66.7 Å². The van der Waals surface area contributed by atoms with Crippen LogP contribution in [-0.2, 0) is 0 Å². The first-order valence-corrected chi connectivity index (χ1v) is 10.6. The lowest BCUT2D eigenvalue weighted by molar-refractivity contribution is 1.48. The smallest absolute Gasteiger partial charge is 0.0991 e. The molecular weight excluding hydrogens is 398 g/mol. The number of nitrogens with zero attached hydrogens (tertiary/aromatic N) is 1. The summed E-state index contributed by atoms with van der Waals surface area (Å²) in [5.74, 6) is 0. The summed E-state index contributed by atoms with van der Waals surface area (Å²) in [7, 11) is 0. The van der Waals surface area contributed by atoms with E-state index in [9.17, 15) is 5.26 Å². The Labute approximate surface area is 185 Å². The minimum Gasteiger partial charge on any atom is -0.192 e. The van der Waals surface area contributed by atoms with E-state index in [0.29, 0.717) is 10.6 Å². The van der Waals surface area contributed by atoms with Crippen molar-refractivity contribution in [3.8, 4) is 28.3 Å². The fourth-order valence-corrected chi connectivity index (χ4v) is 4.90. The Kier molecular flexibility index (Phi) is 3.96. The molecule has 0 fully saturated rings. The van der Waals surface area contributed by atoms with Gasteiger partial charge in [-0.3, -0.25) is 0 Å². The summed E-state index contributed by atoms with van der Waals surface area (Å²) in [6.07, 6.45) is 0. The van der Waals surface area contributed by atoms with E-state index in [4.69, 9.17) is 11.6 Å². The van der Waals surface area contributed by atoms with Gasteiger partial charge in [-0.1, -0.05) is 78.3 Å². The highest BCUT2D eigenvalue weighted by molar-refractivity contribution is 6.31. The van der Waals surface area contributed by atoms with Gasteiger partial charge in [0, 0.05) is 5.02 Å². The van der Waals surface area contributed by atoms with Crippen molar-refractivity contribution in [2.45, 2.75) is 0 Å². The average molecular weight is 414 g/mol. The molecule has 0 heterocycles. The summed E-state index contributed by atoms with van der Waals surface area (Å²) < 4.78 is 0. The van der Waals surface area contributed by atoms with E-state index in [-0.39, 0.29) is 0 Å².